The van der Waals surface area contributed by atoms with Crippen molar-refractivity contribution in [2.24, 2.45) is 0 Å². The van der Waals surface area contributed by atoms with E-state index >= 15 is 0 Å². The van der Waals surface area contributed by atoms with E-state index < -0.39 is 20.2 Å². The Morgan fingerprint density at radius 2 is 1.02 bits per heavy atom. The molecule has 0 heterocycles. The van der Waals surface area contributed by atoms with Crippen LogP contribution in [0.3, 0.4) is 0 Å². The number of benzene rings is 4. The molecule has 0 radical (unpaired) electrons. The second kappa shape index (κ2) is 23.8. The molecular formula is C40H50CaO10S2. The Labute approximate surface area is 345 Å². The van der Waals surface area contributed by atoms with Crippen molar-refractivity contribution in [1.82, 2.24) is 0 Å². The zero-order valence-electron chi connectivity index (χ0n) is 30.7. The number of hydrogen-bond donors (Lipinski definition) is 2. The van der Waals surface area contributed by atoms with Crippen LogP contribution in [0.1, 0.15) is 102 Å². The van der Waals surface area contributed by atoms with Gasteiger partial charge in [0.2, 0.25) is 0 Å². The predicted molar refractivity (Wildman–Crippen MR) is 205 cm³/mol. The number of phenols is 1. The molecule has 13 heteroatoms. The average molecular weight is 795 g/mol. The van der Waals surface area contributed by atoms with Crippen LogP contribution >= 0.6 is 0 Å². The fourth-order valence-electron chi connectivity index (χ4n) is 5.61. The monoisotopic (exact) mass is 794 g/mol. The molecule has 2 N–H and O–H groups in total. The minimum absolute atomic E-state index is 0. The van der Waals surface area contributed by atoms with Gasteiger partial charge in [-0.25, -0.2) is 8.42 Å². The number of aromatic hydroxyl groups is 1. The zero-order valence-corrected chi connectivity index (χ0v) is 34.5. The van der Waals surface area contributed by atoms with Gasteiger partial charge in [-0.15, -0.1) is 0 Å². The Kier molecular flexibility index (Phi) is 20.8. The van der Waals surface area contributed by atoms with Gasteiger partial charge in [-0.2, -0.15) is 8.42 Å². The minimum atomic E-state index is -4.62. The summed E-state index contributed by atoms with van der Waals surface area (Å²) in [4.78, 5) is -0.411. The van der Waals surface area contributed by atoms with E-state index in [0.29, 0.717) is 24.0 Å². The summed E-state index contributed by atoms with van der Waals surface area (Å²) < 4.78 is 78.9. The molecule has 0 fully saturated rings. The van der Waals surface area contributed by atoms with Crippen LogP contribution in [0, 0.1) is 0 Å². The van der Waals surface area contributed by atoms with Crippen LogP contribution in [0.4, 0.5) is 0 Å². The van der Waals surface area contributed by atoms with Crippen LogP contribution in [0.2, 0.25) is 0 Å². The molecule has 10 nitrogen and oxygen atoms in total. The second-order valence-electron chi connectivity index (χ2n) is 12.6. The SMILES string of the molecule is CCCCCCCCc1ccc(Oc2ccccc2O)cc1S(=O)(=O)O.CCCCCCCCc1ccc(Oc2ccccc2[O-])cc1S(=O)(=O)[O-].[Ca+2]. The fourth-order valence-corrected chi connectivity index (χ4v) is 7.12. The summed E-state index contributed by atoms with van der Waals surface area (Å²) in [5.74, 6) is 0.357. The van der Waals surface area contributed by atoms with E-state index in [4.69, 9.17) is 9.47 Å². The molecule has 0 bridgehead atoms. The normalized spacial score (nSPS) is 11.2. The van der Waals surface area contributed by atoms with Gasteiger partial charge in [-0.05, 0) is 73.2 Å². The standard InChI is InChI=1S/2C20H26O5S.Ca/c2*1-2-3-4-5-6-7-10-16-13-14-17(15-20(16)26(22,23)24)25-19-12-9-8-11-18(19)21;/h2*8-9,11-15,21H,2-7,10H2,1H3,(H,22,23,24);/q;;+2/p-2. The van der Waals surface area contributed by atoms with Crippen LogP contribution < -0.4 is 14.6 Å². The van der Waals surface area contributed by atoms with Crippen LogP contribution in [-0.2, 0) is 33.1 Å². The largest absolute Gasteiger partial charge is 2.00 e. The van der Waals surface area contributed by atoms with Gasteiger partial charge < -0.3 is 24.2 Å². The van der Waals surface area contributed by atoms with Crippen molar-refractivity contribution in [2.75, 3.05) is 0 Å². The number of ether oxygens (including phenoxy) is 2. The molecule has 0 amide bonds. The third-order valence-electron chi connectivity index (χ3n) is 8.39. The van der Waals surface area contributed by atoms with E-state index in [1.807, 2.05) is 0 Å². The number of hydrogen-bond acceptors (Lipinski definition) is 9. The van der Waals surface area contributed by atoms with Crippen LogP contribution in [0.25, 0.3) is 0 Å². The molecule has 0 aliphatic rings. The van der Waals surface area contributed by atoms with Crippen molar-refractivity contribution in [3.05, 3.63) is 96.1 Å². The Bertz CT molecular complexity index is 1780. The maximum Gasteiger partial charge on any atom is 2.00 e. The van der Waals surface area contributed by atoms with Crippen LogP contribution in [0.5, 0.6) is 34.5 Å². The minimum Gasteiger partial charge on any atom is -0.870 e. The van der Waals surface area contributed by atoms with Crippen molar-refractivity contribution in [3.63, 3.8) is 0 Å². The Morgan fingerprint density at radius 3 is 1.51 bits per heavy atom. The Hall–Kier alpha value is -2.84. The third kappa shape index (κ3) is 16.6. The van der Waals surface area contributed by atoms with Crippen molar-refractivity contribution in [3.8, 4) is 34.5 Å². The van der Waals surface area contributed by atoms with Crippen LogP contribution in [-0.4, -0.2) is 68.8 Å². The van der Waals surface area contributed by atoms with Gasteiger partial charge in [0.1, 0.15) is 32.3 Å². The van der Waals surface area contributed by atoms with Crippen molar-refractivity contribution < 1.29 is 45.6 Å². The zero-order chi connectivity index (χ0) is 38.0. The van der Waals surface area contributed by atoms with Gasteiger partial charge in [0.05, 0.1) is 4.90 Å². The molecule has 0 aliphatic carbocycles. The molecule has 4 rings (SSSR count). The van der Waals surface area contributed by atoms with E-state index in [1.54, 1.807) is 54.6 Å². The summed E-state index contributed by atoms with van der Waals surface area (Å²) in [5.41, 5.74) is 1.07. The summed E-state index contributed by atoms with van der Waals surface area (Å²) in [7, 11) is -8.97. The molecule has 4 aromatic rings. The summed E-state index contributed by atoms with van der Waals surface area (Å²) in [6.07, 6.45) is 14.2. The molecule has 284 valence electrons. The molecule has 0 saturated heterocycles. The average Bonchev–Trinajstić information content (AvgIpc) is 3.10. The van der Waals surface area contributed by atoms with Crippen molar-refractivity contribution >= 4 is 58.0 Å². The van der Waals surface area contributed by atoms with Gasteiger partial charge in [-0.1, -0.05) is 126 Å². The maximum atomic E-state index is 11.7. The quantitative estimate of drug-likeness (QED) is 0.0499. The van der Waals surface area contributed by atoms with Gasteiger partial charge >= 0.3 is 37.7 Å². The van der Waals surface area contributed by atoms with Crippen LogP contribution in [0.15, 0.2) is 94.7 Å². The summed E-state index contributed by atoms with van der Waals surface area (Å²) in [5, 5.41) is 21.5. The van der Waals surface area contributed by atoms with Gasteiger partial charge in [0.15, 0.2) is 11.5 Å². The first-order chi connectivity index (χ1) is 24.8. The second-order valence-corrected chi connectivity index (χ2v) is 15.4. The first kappa shape index (κ1) is 46.3. The van der Waals surface area contributed by atoms with Crippen molar-refractivity contribution in [2.45, 2.75) is 114 Å². The van der Waals surface area contributed by atoms with E-state index in [0.717, 1.165) is 38.5 Å². The fraction of sp³-hybridized carbons (Fsp3) is 0.400. The van der Waals surface area contributed by atoms with Gasteiger partial charge in [0.25, 0.3) is 10.1 Å². The smallest absolute Gasteiger partial charge is 0.870 e. The molecule has 0 aromatic heterocycles. The van der Waals surface area contributed by atoms with Gasteiger partial charge in [-0.3, -0.25) is 4.55 Å². The Morgan fingerprint density at radius 1 is 0.585 bits per heavy atom. The third-order valence-corrected chi connectivity index (χ3v) is 10.2. The topological polar surface area (TPSA) is 173 Å². The Balaban J connectivity index is 0.000000360. The number of rotatable bonds is 20. The summed E-state index contributed by atoms with van der Waals surface area (Å²) in [6.45, 7) is 4.32. The molecule has 0 saturated carbocycles. The predicted octanol–water partition coefficient (Wildman–Crippen LogP) is 9.31. The first-order valence-electron chi connectivity index (χ1n) is 17.9. The molecule has 0 atom stereocenters. The summed E-state index contributed by atoms with van der Waals surface area (Å²) >= 11 is 0. The number of unbranched alkanes of at least 4 members (excludes halogenated alkanes) is 10. The number of para-hydroxylation sites is 4. The van der Waals surface area contributed by atoms with E-state index in [-0.39, 0.29) is 82.0 Å². The molecule has 0 spiro atoms. The molecule has 53 heavy (non-hydrogen) atoms. The molecule has 0 aliphatic heterocycles. The summed E-state index contributed by atoms with van der Waals surface area (Å²) in [6, 6.07) is 21.5. The molecule has 0 unspecified atom stereocenters. The van der Waals surface area contributed by atoms with Gasteiger partial charge in [0, 0.05) is 6.07 Å². The first-order valence-corrected chi connectivity index (χ1v) is 20.8. The number of aryl methyl sites for hydroxylation is 2. The maximum absolute atomic E-state index is 11.7. The van der Waals surface area contributed by atoms with E-state index in [2.05, 4.69) is 13.8 Å². The van der Waals surface area contributed by atoms with E-state index in [9.17, 15) is 36.2 Å². The number of phenolic OH excluding ortho intramolecular Hbond substituents is 1. The molecular weight excluding hydrogens is 745 g/mol. The van der Waals surface area contributed by atoms with E-state index in [1.165, 1.54) is 68.9 Å². The van der Waals surface area contributed by atoms with Crippen molar-refractivity contribution in [1.29, 1.82) is 0 Å². The molecule has 4 aromatic carbocycles.